The molecule has 0 saturated carbocycles. The summed E-state index contributed by atoms with van der Waals surface area (Å²) in [5, 5.41) is 3.03. The van der Waals surface area contributed by atoms with E-state index in [4.69, 9.17) is 5.73 Å². The second-order valence-electron chi connectivity index (χ2n) is 2.88. The Bertz CT molecular complexity index is 150. The third-order valence-electron chi connectivity index (χ3n) is 1.30. The summed E-state index contributed by atoms with van der Waals surface area (Å²) >= 11 is 0. The maximum absolute atomic E-state index is 10.9. The Balaban J connectivity index is 3.54. The Morgan fingerprint density at radius 2 is 2.17 bits per heavy atom. The van der Waals surface area contributed by atoms with Gasteiger partial charge in [0.05, 0.1) is 4.75 Å². The number of hydrogen-bond acceptors (Lipinski definition) is 4. The number of amides is 1. The summed E-state index contributed by atoms with van der Waals surface area (Å²) in [6, 6.07) is 0. The van der Waals surface area contributed by atoms with E-state index in [9.17, 15) is 4.79 Å². The van der Waals surface area contributed by atoms with Crippen molar-refractivity contribution in [3.8, 4) is 0 Å². The Kier molecular flexibility index (Phi) is 5.78. The van der Waals surface area contributed by atoms with E-state index >= 15 is 0 Å². The average molecular weight is 208 g/mol. The zero-order valence-corrected chi connectivity index (χ0v) is 9.35. The lowest BCUT2D eigenvalue weighted by atomic mass is 10.2. The minimum atomic E-state index is -0.460. The molecule has 0 radical (unpaired) electrons. The number of primary amides is 1. The van der Waals surface area contributed by atoms with Crippen LogP contribution in [0.1, 0.15) is 13.8 Å². The van der Waals surface area contributed by atoms with E-state index in [0.717, 1.165) is 12.3 Å². The van der Waals surface area contributed by atoms with Gasteiger partial charge in [0, 0.05) is 12.3 Å². The van der Waals surface area contributed by atoms with Crippen LogP contribution in [0.3, 0.4) is 0 Å². The number of carbonyl (C=O) groups excluding carboxylic acids is 1. The second kappa shape index (κ2) is 5.72. The molecule has 0 saturated heterocycles. The Morgan fingerprint density at radius 1 is 1.58 bits per heavy atom. The van der Waals surface area contributed by atoms with Crippen molar-refractivity contribution >= 4 is 27.5 Å². The quantitative estimate of drug-likeness (QED) is 0.502. The van der Waals surface area contributed by atoms with Crippen LogP contribution < -0.4 is 11.1 Å². The largest absolute Gasteiger partial charge is 0.368 e. The third-order valence-corrected chi connectivity index (χ3v) is 4.51. The SMILES string of the molecule is CNCCSSC(C)(C)C(N)=O. The standard InChI is InChI=1S/C7H16N2OS2/c1-7(2,6(8)10)12-11-5-4-9-3/h9H,4-5H2,1-3H3,(H2,8,10). The normalized spacial score (nSPS) is 11.6. The first-order chi connectivity index (χ1) is 5.50. The maximum Gasteiger partial charge on any atom is 0.233 e. The molecule has 72 valence electrons. The molecule has 0 aromatic carbocycles. The first kappa shape index (κ1) is 12.1. The summed E-state index contributed by atoms with van der Waals surface area (Å²) in [4.78, 5) is 10.9. The monoisotopic (exact) mass is 208 g/mol. The van der Waals surface area contributed by atoms with Gasteiger partial charge in [-0.1, -0.05) is 21.6 Å². The molecule has 0 heterocycles. The molecule has 0 unspecified atom stereocenters. The van der Waals surface area contributed by atoms with E-state index in [1.165, 1.54) is 10.8 Å². The van der Waals surface area contributed by atoms with Gasteiger partial charge in [-0.05, 0) is 20.9 Å². The van der Waals surface area contributed by atoms with Crippen molar-refractivity contribution in [1.82, 2.24) is 5.32 Å². The van der Waals surface area contributed by atoms with Crippen molar-refractivity contribution in [2.75, 3.05) is 19.3 Å². The van der Waals surface area contributed by atoms with Crippen LogP contribution in [0.15, 0.2) is 0 Å². The molecule has 0 rings (SSSR count). The van der Waals surface area contributed by atoms with E-state index in [2.05, 4.69) is 5.32 Å². The highest BCUT2D eigenvalue weighted by molar-refractivity contribution is 8.77. The Labute approximate surface area is 81.6 Å². The van der Waals surface area contributed by atoms with Crippen molar-refractivity contribution < 1.29 is 4.79 Å². The van der Waals surface area contributed by atoms with Crippen molar-refractivity contribution in [1.29, 1.82) is 0 Å². The van der Waals surface area contributed by atoms with Gasteiger partial charge in [0.1, 0.15) is 0 Å². The van der Waals surface area contributed by atoms with Gasteiger partial charge in [-0.3, -0.25) is 4.79 Å². The fourth-order valence-electron chi connectivity index (χ4n) is 0.374. The third kappa shape index (κ3) is 4.90. The van der Waals surface area contributed by atoms with Crippen LogP contribution >= 0.6 is 21.6 Å². The van der Waals surface area contributed by atoms with Crippen molar-refractivity contribution in [3.05, 3.63) is 0 Å². The molecule has 5 heteroatoms. The van der Waals surface area contributed by atoms with Crippen LogP contribution in [0.2, 0.25) is 0 Å². The molecule has 12 heavy (non-hydrogen) atoms. The lowest BCUT2D eigenvalue weighted by molar-refractivity contribution is -0.119. The predicted octanol–water partition coefficient (Wildman–Crippen LogP) is 0.851. The van der Waals surface area contributed by atoms with E-state index in [-0.39, 0.29) is 5.91 Å². The highest BCUT2D eigenvalue weighted by Crippen LogP contribution is 2.34. The van der Waals surface area contributed by atoms with Crippen LogP contribution in [0.5, 0.6) is 0 Å². The number of nitrogens with two attached hydrogens (primary N) is 1. The smallest absolute Gasteiger partial charge is 0.233 e. The molecule has 0 aromatic rings. The summed E-state index contributed by atoms with van der Waals surface area (Å²) in [5.74, 6) is 0.724. The zero-order chi connectivity index (χ0) is 9.61. The van der Waals surface area contributed by atoms with Crippen molar-refractivity contribution in [2.45, 2.75) is 18.6 Å². The van der Waals surface area contributed by atoms with Gasteiger partial charge in [-0.2, -0.15) is 0 Å². The number of carbonyl (C=O) groups is 1. The fourth-order valence-corrected chi connectivity index (χ4v) is 2.75. The molecule has 0 aliphatic rings. The number of rotatable bonds is 6. The van der Waals surface area contributed by atoms with E-state index in [0.29, 0.717) is 0 Å². The van der Waals surface area contributed by atoms with E-state index in [1.807, 2.05) is 20.9 Å². The van der Waals surface area contributed by atoms with Crippen molar-refractivity contribution in [3.63, 3.8) is 0 Å². The molecule has 0 aromatic heterocycles. The molecule has 0 spiro atoms. The van der Waals surface area contributed by atoms with Crippen LogP contribution in [0.4, 0.5) is 0 Å². The highest BCUT2D eigenvalue weighted by atomic mass is 33.1. The summed E-state index contributed by atoms with van der Waals surface area (Å²) < 4.78 is -0.460. The second-order valence-corrected chi connectivity index (χ2v) is 5.92. The molecule has 3 N–H and O–H groups in total. The zero-order valence-electron chi connectivity index (χ0n) is 7.72. The lowest BCUT2D eigenvalue weighted by Crippen LogP contribution is -2.34. The summed E-state index contributed by atoms with van der Waals surface area (Å²) in [6.07, 6.45) is 0. The molecule has 3 nitrogen and oxygen atoms in total. The summed E-state index contributed by atoms with van der Waals surface area (Å²) in [5.41, 5.74) is 5.20. The van der Waals surface area contributed by atoms with Gasteiger partial charge in [0.15, 0.2) is 0 Å². The first-order valence-corrected chi connectivity index (χ1v) is 6.07. The van der Waals surface area contributed by atoms with Gasteiger partial charge in [-0.25, -0.2) is 0 Å². The minimum Gasteiger partial charge on any atom is -0.368 e. The molecule has 0 atom stereocenters. The lowest BCUT2D eigenvalue weighted by Gasteiger charge is -2.18. The van der Waals surface area contributed by atoms with Gasteiger partial charge in [0.25, 0.3) is 0 Å². The first-order valence-electron chi connectivity index (χ1n) is 3.76. The minimum absolute atomic E-state index is 0.260. The molecule has 0 fully saturated rings. The van der Waals surface area contributed by atoms with Gasteiger partial charge in [0.2, 0.25) is 5.91 Å². The van der Waals surface area contributed by atoms with Crippen LogP contribution in [0.25, 0.3) is 0 Å². The van der Waals surface area contributed by atoms with Gasteiger partial charge in [-0.15, -0.1) is 0 Å². The highest BCUT2D eigenvalue weighted by Gasteiger charge is 2.25. The molecular formula is C7H16N2OS2. The maximum atomic E-state index is 10.9. The molecule has 0 aliphatic carbocycles. The fraction of sp³-hybridized carbons (Fsp3) is 0.857. The summed E-state index contributed by atoms with van der Waals surface area (Å²) in [7, 11) is 5.10. The van der Waals surface area contributed by atoms with Gasteiger partial charge < -0.3 is 11.1 Å². The Hall–Kier alpha value is 0.130. The van der Waals surface area contributed by atoms with E-state index < -0.39 is 4.75 Å². The summed E-state index contributed by atoms with van der Waals surface area (Å²) in [6.45, 7) is 4.63. The number of nitrogens with one attached hydrogen (secondary N) is 1. The Morgan fingerprint density at radius 3 is 2.58 bits per heavy atom. The average Bonchev–Trinajstić information content (AvgIpc) is 1.98. The topological polar surface area (TPSA) is 55.1 Å². The van der Waals surface area contributed by atoms with Crippen LogP contribution in [-0.4, -0.2) is 30.0 Å². The van der Waals surface area contributed by atoms with Crippen LogP contribution in [-0.2, 0) is 4.79 Å². The van der Waals surface area contributed by atoms with Gasteiger partial charge >= 0.3 is 0 Å². The molecule has 0 aliphatic heterocycles. The predicted molar refractivity (Wildman–Crippen MR) is 57.2 cm³/mol. The molecule has 0 bridgehead atoms. The molecular weight excluding hydrogens is 192 g/mol. The number of hydrogen-bond donors (Lipinski definition) is 2. The molecule has 1 amide bonds. The van der Waals surface area contributed by atoms with Crippen molar-refractivity contribution in [2.24, 2.45) is 5.73 Å². The van der Waals surface area contributed by atoms with Crippen LogP contribution in [0, 0.1) is 0 Å². The van der Waals surface area contributed by atoms with E-state index in [1.54, 1.807) is 10.8 Å².